The molecule has 0 aromatic carbocycles. The van der Waals surface area contributed by atoms with Gasteiger partial charge in [0.2, 0.25) is 0 Å². The molecule has 0 unspecified atom stereocenters. The van der Waals surface area contributed by atoms with Crippen molar-refractivity contribution in [3.8, 4) is 0 Å². The Kier molecular flexibility index (Phi) is 3.50. The summed E-state index contributed by atoms with van der Waals surface area (Å²) >= 11 is 0. The van der Waals surface area contributed by atoms with Crippen LogP contribution in [0.3, 0.4) is 0 Å². The standard InChI is InChI=1S/C14H22N2O/c1-14(2,3)15-9-13(17)12-6-4-5-11(16-12)10-7-8-10/h4-6,10,13,15,17H,7-9H2,1-3H3/t13-/m0/s1. The monoisotopic (exact) mass is 234 g/mol. The molecule has 0 amide bonds. The summed E-state index contributed by atoms with van der Waals surface area (Å²) in [5.41, 5.74) is 1.94. The van der Waals surface area contributed by atoms with Crippen molar-refractivity contribution in [2.75, 3.05) is 6.54 Å². The first-order valence-electron chi connectivity index (χ1n) is 6.36. The quantitative estimate of drug-likeness (QED) is 0.840. The van der Waals surface area contributed by atoms with Crippen molar-refractivity contribution in [2.24, 2.45) is 0 Å². The third kappa shape index (κ3) is 3.79. The fourth-order valence-electron chi connectivity index (χ4n) is 1.77. The molecule has 2 rings (SSSR count). The van der Waals surface area contributed by atoms with Gasteiger partial charge in [0.05, 0.1) is 5.69 Å². The Morgan fingerprint density at radius 1 is 1.41 bits per heavy atom. The molecule has 1 aliphatic rings. The van der Waals surface area contributed by atoms with E-state index >= 15 is 0 Å². The average molecular weight is 234 g/mol. The number of β-amino-alcohol motifs (C(OH)–C–C–N with tert-alkyl or cyclic N) is 1. The van der Waals surface area contributed by atoms with Crippen LogP contribution in [0.2, 0.25) is 0 Å². The Hall–Kier alpha value is -0.930. The molecule has 1 saturated carbocycles. The Balaban J connectivity index is 1.98. The van der Waals surface area contributed by atoms with Gasteiger partial charge in [-0.1, -0.05) is 6.07 Å². The maximum absolute atomic E-state index is 10.1. The zero-order chi connectivity index (χ0) is 12.5. The minimum Gasteiger partial charge on any atom is -0.385 e. The van der Waals surface area contributed by atoms with Crippen LogP contribution >= 0.6 is 0 Å². The molecule has 1 aromatic rings. The van der Waals surface area contributed by atoms with Crippen LogP contribution in [-0.4, -0.2) is 22.2 Å². The van der Waals surface area contributed by atoms with E-state index < -0.39 is 6.10 Å². The van der Waals surface area contributed by atoms with Crippen LogP contribution in [0.25, 0.3) is 0 Å². The van der Waals surface area contributed by atoms with E-state index in [-0.39, 0.29) is 5.54 Å². The van der Waals surface area contributed by atoms with Crippen LogP contribution in [0.4, 0.5) is 0 Å². The molecule has 1 fully saturated rings. The molecular formula is C14H22N2O. The van der Waals surface area contributed by atoms with E-state index in [0.29, 0.717) is 12.5 Å². The highest BCUT2D eigenvalue weighted by Gasteiger charge is 2.25. The minimum absolute atomic E-state index is 0.0229. The first-order chi connectivity index (χ1) is 7.96. The van der Waals surface area contributed by atoms with Gasteiger partial charge in [0.1, 0.15) is 6.10 Å². The van der Waals surface area contributed by atoms with Gasteiger partial charge >= 0.3 is 0 Å². The Morgan fingerprint density at radius 2 is 2.12 bits per heavy atom. The Labute approximate surface area is 103 Å². The highest BCUT2D eigenvalue weighted by atomic mass is 16.3. The van der Waals surface area contributed by atoms with Gasteiger partial charge in [0.15, 0.2) is 0 Å². The van der Waals surface area contributed by atoms with E-state index in [1.807, 2.05) is 12.1 Å². The van der Waals surface area contributed by atoms with Crippen molar-refractivity contribution in [3.05, 3.63) is 29.6 Å². The third-order valence-corrected chi connectivity index (χ3v) is 2.95. The molecular weight excluding hydrogens is 212 g/mol. The summed E-state index contributed by atoms with van der Waals surface area (Å²) in [5, 5.41) is 13.4. The van der Waals surface area contributed by atoms with Crippen LogP contribution in [0.5, 0.6) is 0 Å². The molecule has 1 aromatic heterocycles. The molecule has 2 N–H and O–H groups in total. The Bertz CT molecular complexity index is 380. The molecule has 3 nitrogen and oxygen atoms in total. The van der Waals surface area contributed by atoms with Crippen molar-refractivity contribution in [3.63, 3.8) is 0 Å². The molecule has 0 radical (unpaired) electrons. The van der Waals surface area contributed by atoms with E-state index in [0.717, 1.165) is 11.4 Å². The fourth-order valence-corrected chi connectivity index (χ4v) is 1.77. The van der Waals surface area contributed by atoms with Gasteiger partial charge in [-0.3, -0.25) is 4.98 Å². The van der Waals surface area contributed by atoms with Crippen LogP contribution in [-0.2, 0) is 0 Å². The zero-order valence-electron chi connectivity index (χ0n) is 10.9. The number of pyridine rings is 1. The number of hydrogen-bond acceptors (Lipinski definition) is 3. The molecule has 0 saturated heterocycles. The third-order valence-electron chi connectivity index (χ3n) is 2.95. The predicted octanol–water partition coefficient (Wildman–Crippen LogP) is 2.38. The van der Waals surface area contributed by atoms with Gasteiger partial charge in [-0.15, -0.1) is 0 Å². The van der Waals surface area contributed by atoms with Crippen molar-refractivity contribution < 1.29 is 5.11 Å². The minimum atomic E-state index is -0.520. The van der Waals surface area contributed by atoms with Gasteiger partial charge in [0, 0.05) is 23.7 Å². The van der Waals surface area contributed by atoms with E-state index in [4.69, 9.17) is 0 Å². The lowest BCUT2D eigenvalue weighted by molar-refractivity contribution is 0.158. The molecule has 1 heterocycles. The van der Waals surface area contributed by atoms with Gasteiger partial charge in [0.25, 0.3) is 0 Å². The lowest BCUT2D eigenvalue weighted by Crippen LogP contribution is -2.38. The maximum Gasteiger partial charge on any atom is 0.108 e. The summed E-state index contributed by atoms with van der Waals surface area (Å²) in [6.07, 6.45) is 1.97. The predicted molar refractivity (Wildman–Crippen MR) is 68.9 cm³/mol. The summed E-state index contributed by atoms with van der Waals surface area (Å²) in [5.74, 6) is 0.637. The van der Waals surface area contributed by atoms with Crippen LogP contribution in [0, 0.1) is 0 Å². The number of nitrogens with one attached hydrogen (secondary N) is 1. The summed E-state index contributed by atoms with van der Waals surface area (Å²) in [6, 6.07) is 5.96. The van der Waals surface area contributed by atoms with Gasteiger partial charge in [-0.25, -0.2) is 0 Å². The first kappa shape index (κ1) is 12.5. The molecule has 1 atom stereocenters. The number of nitrogens with zero attached hydrogens (tertiary/aromatic N) is 1. The van der Waals surface area contributed by atoms with Crippen molar-refractivity contribution in [1.82, 2.24) is 10.3 Å². The van der Waals surface area contributed by atoms with Gasteiger partial charge in [-0.05, 0) is 45.7 Å². The van der Waals surface area contributed by atoms with E-state index in [1.54, 1.807) is 0 Å². The summed E-state index contributed by atoms with van der Waals surface area (Å²) in [4.78, 5) is 4.55. The number of aliphatic hydroxyl groups excluding tert-OH is 1. The maximum atomic E-state index is 10.1. The van der Waals surface area contributed by atoms with E-state index in [9.17, 15) is 5.11 Å². The molecule has 94 valence electrons. The number of aliphatic hydroxyl groups is 1. The summed E-state index contributed by atoms with van der Waals surface area (Å²) in [7, 11) is 0. The second-order valence-corrected chi connectivity index (χ2v) is 5.91. The second kappa shape index (κ2) is 4.75. The fraction of sp³-hybridized carbons (Fsp3) is 0.643. The number of rotatable bonds is 4. The van der Waals surface area contributed by atoms with E-state index in [2.05, 4.69) is 37.1 Å². The highest BCUT2D eigenvalue weighted by molar-refractivity contribution is 5.19. The normalized spacial score (nSPS) is 18.1. The second-order valence-electron chi connectivity index (χ2n) is 5.91. The molecule has 0 aliphatic heterocycles. The van der Waals surface area contributed by atoms with Crippen molar-refractivity contribution in [2.45, 2.75) is 51.2 Å². The van der Waals surface area contributed by atoms with E-state index in [1.165, 1.54) is 12.8 Å². The van der Waals surface area contributed by atoms with Gasteiger partial charge in [-0.2, -0.15) is 0 Å². The van der Waals surface area contributed by atoms with Crippen LogP contribution in [0.1, 0.15) is 57.0 Å². The molecule has 1 aliphatic carbocycles. The van der Waals surface area contributed by atoms with Crippen LogP contribution < -0.4 is 5.32 Å². The zero-order valence-corrected chi connectivity index (χ0v) is 10.9. The number of hydrogen-bond donors (Lipinski definition) is 2. The lowest BCUT2D eigenvalue weighted by Gasteiger charge is -2.22. The molecule has 3 heteroatoms. The van der Waals surface area contributed by atoms with Crippen molar-refractivity contribution >= 4 is 0 Å². The topological polar surface area (TPSA) is 45.1 Å². The van der Waals surface area contributed by atoms with Crippen molar-refractivity contribution in [1.29, 1.82) is 0 Å². The smallest absolute Gasteiger partial charge is 0.108 e. The summed E-state index contributed by atoms with van der Waals surface area (Å²) < 4.78 is 0. The molecule has 17 heavy (non-hydrogen) atoms. The van der Waals surface area contributed by atoms with Crippen LogP contribution in [0.15, 0.2) is 18.2 Å². The first-order valence-corrected chi connectivity index (χ1v) is 6.36. The van der Waals surface area contributed by atoms with Gasteiger partial charge < -0.3 is 10.4 Å². The SMILES string of the molecule is CC(C)(C)NC[C@H](O)c1cccc(C2CC2)n1. The number of aromatic nitrogens is 1. The molecule has 0 bridgehead atoms. The molecule has 0 spiro atoms. The Morgan fingerprint density at radius 3 is 2.71 bits per heavy atom. The summed E-state index contributed by atoms with van der Waals surface area (Å²) in [6.45, 7) is 6.82. The largest absolute Gasteiger partial charge is 0.385 e. The average Bonchev–Trinajstić information content (AvgIpc) is 3.09. The lowest BCUT2D eigenvalue weighted by atomic mass is 10.1. The highest BCUT2D eigenvalue weighted by Crippen LogP contribution is 2.39.